The van der Waals surface area contributed by atoms with Crippen molar-refractivity contribution in [2.45, 2.75) is 10.3 Å². The largest absolute Gasteiger partial charge is 0.341 e. The number of nitrogens with two attached hydrogens (primary N) is 1. The van der Waals surface area contributed by atoms with Gasteiger partial charge in [0.1, 0.15) is 16.9 Å². The van der Waals surface area contributed by atoms with Crippen LogP contribution in [0.4, 0.5) is 0 Å². The molecule has 0 bridgehead atoms. The number of thiophene rings is 1. The summed E-state index contributed by atoms with van der Waals surface area (Å²) in [5.41, 5.74) is 7.41. The lowest BCUT2D eigenvalue weighted by atomic mass is 10.3. The number of nitrogens with one attached hydrogen (secondary N) is 1. The first kappa shape index (κ1) is 11.6. The fourth-order valence-electron chi connectivity index (χ4n) is 1.66. The molecule has 3 rings (SSSR count). The molecule has 3 aromatic rings. The van der Waals surface area contributed by atoms with E-state index < -0.39 is 0 Å². The molecule has 3 aromatic heterocycles. The van der Waals surface area contributed by atoms with E-state index in [1.54, 1.807) is 29.4 Å². The fraction of sp³-hybridized carbons (Fsp3) is 0.182. The van der Waals surface area contributed by atoms with E-state index in [9.17, 15) is 0 Å². The molecule has 0 spiro atoms. The molecular formula is C11H11N5S2. The van der Waals surface area contributed by atoms with Crippen molar-refractivity contribution in [2.24, 2.45) is 5.73 Å². The molecule has 5 nitrogen and oxygen atoms in total. The highest BCUT2D eigenvalue weighted by Gasteiger charge is 2.16. The maximum absolute atomic E-state index is 5.85. The molecule has 7 heteroatoms. The van der Waals surface area contributed by atoms with Gasteiger partial charge in [-0.25, -0.2) is 15.0 Å². The summed E-state index contributed by atoms with van der Waals surface area (Å²) in [5, 5.41) is 3.16. The van der Waals surface area contributed by atoms with Gasteiger partial charge < -0.3 is 10.7 Å². The van der Waals surface area contributed by atoms with Gasteiger partial charge in [-0.05, 0) is 11.4 Å². The summed E-state index contributed by atoms with van der Waals surface area (Å²) >= 11 is 3.36. The van der Waals surface area contributed by atoms with Crippen molar-refractivity contribution in [1.82, 2.24) is 19.9 Å². The zero-order valence-electron chi connectivity index (χ0n) is 9.41. The molecule has 0 aromatic carbocycles. The van der Waals surface area contributed by atoms with Crippen LogP contribution in [-0.4, -0.2) is 26.5 Å². The minimum absolute atomic E-state index is 0.214. The molecule has 0 aliphatic carbocycles. The summed E-state index contributed by atoms with van der Waals surface area (Å²) in [7, 11) is 0. The van der Waals surface area contributed by atoms with Crippen LogP contribution in [0.1, 0.15) is 10.1 Å². The van der Waals surface area contributed by atoms with Crippen molar-refractivity contribution < 1.29 is 0 Å². The molecule has 0 radical (unpaired) electrons. The number of aromatic amines is 1. The topological polar surface area (TPSA) is 80.5 Å². The summed E-state index contributed by atoms with van der Waals surface area (Å²) in [5.74, 6) is 0. The summed E-state index contributed by atoms with van der Waals surface area (Å²) in [4.78, 5) is 16.9. The van der Waals surface area contributed by atoms with Crippen molar-refractivity contribution in [1.29, 1.82) is 0 Å². The van der Waals surface area contributed by atoms with E-state index in [4.69, 9.17) is 5.73 Å². The Morgan fingerprint density at radius 3 is 3.11 bits per heavy atom. The van der Waals surface area contributed by atoms with Crippen LogP contribution in [0.25, 0.3) is 11.2 Å². The Balaban J connectivity index is 1.93. The van der Waals surface area contributed by atoms with Gasteiger partial charge in [-0.3, -0.25) is 0 Å². The minimum Gasteiger partial charge on any atom is -0.341 e. The van der Waals surface area contributed by atoms with Crippen LogP contribution in [0.2, 0.25) is 0 Å². The number of H-pyrrole nitrogens is 1. The molecule has 18 heavy (non-hydrogen) atoms. The number of aromatic nitrogens is 4. The van der Waals surface area contributed by atoms with Crippen LogP contribution in [0.5, 0.6) is 0 Å². The third-order valence-corrected chi connectivity index (χ3v) is 4.92. The van der Waals surface area contributed by atoms with E-state index in [2.05, 4.69) is 31.4 Å². The molecule has 0 amide bonds. The van der Waals surface area contributed by atoms with Gasteiger partial charge in [0, 0.05) is 11.4 Å². The fourth-order valence-corrected chi connectivity index (χ4v) is 3.63. The van der Waals surface area contributed by atoms with Crippen LogP contribution in [0.3, 0.4) is 0 Å². The van der Waals surface area contributed by atoms with Gasteiger partial charge in [-0.1, -0.05) is 17.8 Å². The summed E-state index contributed by atoms with van der Waals surface area (Å²) in [6, 6.07) is 4.13. The smallest absolute Gasteiger partial charge is 0.181 e. The number of fused-ring (bicyclic) bond motifs is 1. The number of hydrogen-bond acceptors (Lipinski definition) is 6. The lowest BCUT2D eigenvalue weighted by molar-refractivity contribution is 0.952. The average molecular weight is 277 g/mol. The first-order valence-electron chi connectivity index (χ1n) is 5.42. The van der Waals surface area contributed by atoms with Gasteiger partial charge >= 0.3 is 0 Å². The van der Waals surface area contributed by atoms with Crippen LogP contribution in [0, 0.1) is 0 Å². The van der Waals surface area contributed by atoms with Gasteiger partial charge in [-0.2, -0.15) is 0 Å². The molecule has 3 heterocycles. The average Bonchev–Trinajstić information content (AvgIpc) is 3.06. The number of imidazole rings is 1. The lowest BCUT2D eigenvalue weighted by Crippen LogP contribution is -2.08. The second kappa shape index (κ2) is 5.05. The zero-order chi connectivity index (χ0) is 12.4. The molecule has 0 saturated carbocycles. The number of hydrogen-bond donors (Lipinski definition) is 2. The van der Waals surface area contributed by atoms with Crippen LogP contribution in [0.15, 0.2) is 35.2 Å². The normalized spacial score (nSPS) is 12.9. The molecule has 1 atom stereocenters. The molecule has 0 aliphatic heterocycles. The number of rotatable bonds is 4. The first-order valence-corrected chi connectivity index (χ1v) is 7.18. The molecular weight excluding hydrogens is 266 g/mol. The second-order valence-corrected chi connectivity index (χ2v) is 5.81. The van der Waals surface area contributed by atoms with Crippen LogP contribution in [-0.2, 0) is 0 Å². The molecule has 0 aliphatic rings. The summed E-state index contributed by atoms with van der Waals surface area (Å²) in [6.07, 6.45) is 3.17. The maximum Gasteiger partial charge on any atom is 0.181 e. The summed E-state index contributed by atoms with van der Waals surface area (Å²) in [6.45, 7) is 0.574. The van der Waals surface area contributed by atoms with Crippen LogP contribution < -0.4 is 5.73 Å². The lowest BCUT2D eigenvalue weighted by Gasteiger charge is -2.11. The number of thioether (sulfide) groups is 1. The standard InChI is InChI=1S/C11H11N5S2/c12-4-8(7-2-1-3-17-7)18-11-9-10(14-5-13-9)15-6-16-11/h1-3,5-6,8H,4,12H2,(H,13,14,15,16). The number of nitrogens with zero attached hydrogens (tertiary/aromatic N) is 3. The van der Waals surface area contributed by atoms with E-state index in [0.717, 1.165) is 10.5 Å². The Kier molecular flexibility index (Phi) is 3.26. The quantitative estimate of drug-likeness (QED) is 0.564. The Bertz CT molecular complexity index is 634. The maximum atomic E-state index is 5.85. The molecule has 3 N–H and O–H groups in total. The van der Waals surface area contributed by atoms with Crippen molar-refractivity contribution in [3.63, 3.8) is 0 Å². The Labute approximate surface area is 112 Å². The van der Waals surface area contributed by atoms with Gasteiger partial charge in [0.15, 0.2) is 5.65 Å². The van der Waals surface area contributed by atoms with Gasteiger partial charge in [0.25, 0.3) is 0 Å². The molecule has 1 unspecified atom stereocenters. The highest BCUT2D eigenvalue weighted by atomic mass is 32.2. The third-order valence-electron chi connectivity index (χ3n) is 2.52. The first-order chi connectivity index (χ1) is 8.88. The monoisotopic (exact) mass is 277 g/mol. The highest BCUT2D eigenvalue weighted by molar-refractivity contribution is 7.99. The SMILES string of the molecule is NCC(Sc1ncnc2nc[nH]c12)c1cccs1. The Hall–Kier alpha value is -1.44. The van der Waals surface area contributed by atoms with Gasteiger partial charge in [0.05, 0.1) is 11.6 Å². The Morgan fingerprint density at radius 2 is 2.33 bits per heavy atom. The van der Waals surface area contributed by atoms with Crippen LogP contribution >= 0.6 is 23.1 Å². The van der Waals surface area contributed by atoms with Crippen molar-refractivity contribution >= 4 is 34.3 Å². The second-order valence-electron chi connectivity index (χ2n) is 3.64. The zero-order valence-corrected chi connectivity index (χ0v) is 11.0. The van der Waals surface area contributed by atoms with E-state index in [-0.39, 0.29) is 5.25 Å². The third kappa shape index (κ3) is 2.12. The van der Waals surface area contributed by atoms with Gasteiger partial charge in [-0.15, -0.1) is 11.3 Å². The Morgan fingerprint density at radius 1 is 1.39 bits per heavy atom. The van der Waals surface area contributed by atoms with Gasteiger partial charge in [0.2, 0.25) is 0 Å². The van der Waals surface area contributed by atoms with E-state index in [1.807, 2.05) is 6.07 Å². The van der Waals surface area contributed by atoms with E-state index >= 15 is 0 Å². The van der Waals surface area contributed by atoms with E-state index in [1.165, 1.54) is 11.2 Å². The molecule has 92 valence electrons. The minimum atomic E-state index is 0.214. The molecule has 0 saturated heterocycles. The van der Waals surface area contributed by atoms with Crippen molar-refractivity contribution in [2.75, 3.05) is 6.54 Å². The highest BCUT2D eigenvalue weighted by Crippen LogP contribution is 2.37. The van der Waals surface area contributed by atoms with Crippen molar-refractivity contribution in [3.8, 4) is 0 Å². The predicted octanol–water partition coefficient (Wildman–Crippen LogP) is 2.21. The molecule has 0 fully saturated rings. The predicted molar refractivity (Wildman–Crippen MR) is 73.7 cm³/mol. The summed E-state index contributed by atoms with van der Waals surface area (Å²) < 4.78 is 0. The van der Waals surface area contributed by atoms with Crippen molar-refractivity contribution in [3.05, 3.63) is 35.0 Å². The van der Waals surface area contributed by atoms with E-state index in [0.29, 0.717) is 12.2 Å².